The van der Waals surface area contributed by atoms with Crippen molar-refractivity contribution in [3.05, 3.63) is 47.5 Å². The van der Waals surface area contributed by atoms with E-state index in [0.29, 0.717) is 60.5 Å². The summed E-state index contributed by atoms with van der Waals surface area (Å²) in [6, 6.07) is 6.11. The fraction of sp³-hybridized carbons (Fsp3) is 0.304. The van der Waals surface area contributed by atoms with Crippen LogP contribution >= 0.6 is 0 Å². The number of nitrogen functional groups attached to an aromatic ring is 2. The highest BCUT2D eigenvalue weighted by Crippen LogP contribution is 2.33. The van der Waals surface area contributed by atoms with E-state index in [9.17, 15) is 9.59 Å². The van der Waals surface area contributed by atoms with Gasteiger partial charge in [0.1, 0.15) is 29.5 Å². The highest BCUT2D eigenvalue weighted by molar-refractivity contribution is 5.97. The summed E-state index contributed by atoms with van der Waals surface area (Å²) in [5.74, 6) is -0.299. The predicted molar refractivity (Wildman–Crippen MR) is 135 cm³/mol. The highest BCUT2D eigenvalue weighted by atomic mass is 16.5. The topological polar surface area (TPSA) is 184 Å². The van der Waals surface area contributed by atoms with Gasteiger partial charge in [-0.15, -0.1) is 0 Å². The first-order valence-electron chi connectivity index (χ1n) is 10.5. The molecule has 0 atom stereocenters. The summed E-state index contributed by atoms with van der Waals surface area (Å²) in [6.45, 7) is 2.00. The van der Waals surface area contributed by atoms with Crippen molar-refractivity contribution in [3.8, 4) is 11.5 Å². The van der Waals surface area contributed by atoms with Gasteiger partial charge in [-0.3, -0.25) is 9.59 Å². The van der Waals surface area contributed by atoms with Gasteiger partial charge in [-0.05, 0) is 38.4 Å². The van der Waals surface area contributed by atoms with Gasteiger partial charge in [-0.2, -0.15) is 0 Å². The van der Waals surface area contributed by atoms with Gasteiger partial charge in [0.15, 0.2) is 0 Å². The Bertz CT molecular complexity index is 1050. The Labute approximate surface area is 199 Å². The van der Waals surface area contributed by atoms with E-state index in [1.54, 1.807) is 6.07 Å². The third kappa shape index (κ3) is 7.20. The summed E-state index contributed by atoms with van der Waals surface area (Å²) < 4.78 is 11.1. The predicted octanol–water partition coefficient (Wildman–Crippen LogP) is 1.08. The molecule has 0 radical (unpaired) electrons. The normalized spacial score (nSPS) is 10.9. The molecule has 11 heteroatoms. The number of anilines is 4. The molecule has 0 unspecified atom stereocenters. The number of nitrogens with one attached hydrogen (secondary N) is 2. The second-order valence-electron chi connectivity index (χ2n) is 7.69. The number of likely N-dealkylation sites (N-methyl/N-ethyl adjacent to an activating group) is 1. The van der Waals surface area contributed by atoms with Crippen LogP contribution in [0, 0.1) is 0 Å². The summed E-state index contributed by atoms with van der Waals surface area (Å²) >= 11 is 0. The number of nitrogens with two attached hydrogens (primary N) is 4. The maximum absolute atomic E-state index is 11.6. The minimum Gasteiger partial charge on any atom is -0.494 e. The zero-order chi connectivity index (χ0) is 25.3. The minimum atomic E-state index is -0.587. The monoisotopic (exact) mass is 471 g/mol. The molecule has 0 heterocycles. The molecule has 10 N–H and O–H groups in total. The van der Waals surface area contributed by atoms with Crippen molar-refractivity contribution in [1.29, 1.82) is 0 Å². The molecule has 0 saturated heterocycles. The van der Waals surface area contributed by atoms with Crippen molar-refractivity contribution in [2.75, 3.05) is 69.5 Å². The third-order valence-corrected chi connectivity index (χ3v) is 4.81. The van der Waals surface area contributed by atoms with Crippen LogP contribution in [0.1, 0.15) is 20.7 Å². The van der Waals surface area contributed by atoms with Gasteiger partial charge in [-0.25, -0.2) is 0 Å². The molecule has 0 aliphatic carbocycles. The zero-order valence-corrected chi connectivity index (χ0v) is 19.7. The Morgan fingerprint density at radius 2 is 1.35 bits per heavy atom. The summed E-state index contributed by atoms with van der Waals surface area (Å²) in [4.78, 5) is 25.0. The Morgan fingerprint density at radius 3 is 1.79 bits per heavy atom. The highest BCUT2D eigenvalue weighted by Gasteiger charge is 2.14. The standard InChI is InChI=1S/C23H33N7O4/c1-30(2)8-9-34-19-13-15(23(27)32)11-17(25)21(19)29-7-5-4-6-28-20-16(24)10-14(22(26)31)12-18(20)33-3/h4-5,10-13,28-29H,6-9,24-25H2,1-3H3,(H2,26,31)(H2,27,32)/b5-4+. The van der Waals surface area contributed by atoms with E-state index in [0.717, 1.165) is 0 Å². The van der Waals surface area contributed by atoms with Gasteiger partial charge in [0.05, 0.1) is 18.5 Å². The number of benzene rings is 2. The summed E-state index contributed by atoms with van der Waals surface area (Å²) in [6.07, 6.45) is 3.77. The number of methoxy groups -OCH3 is 1. The number of nitrogens with zero attached hydrogens (tertiary/aromatic N) is 1. The number of hydrogen-bond donors (Lipinski definition) is 6. The van der Waals surface area contributed by atoms with Crippen LogP contribution in [0.5, 0.6) is 11.5 Å². The fourth-order valence-electron chi connectivity index (χ4n) is 3.04. The maximum Gasteiger partial charge on any atom is 0.248 e. The maximum atomic E-state index is 11.6. The first kappa shape index (κ1) is 26.1. The molecule has 34 heavy (non-hydrogen) atoms. The van der Waals surface area contributed by atoms with Gasteiger partial charge in [0.2, 0.25) is 11.8 Å². The molecule has 2 aromatic carbocycles. The van der Waals surface area contributed by atoms with Crippen LogP contribution in [0.25, 0.3) is 0 Å². The van der Waals surface area contributed by atoms with Crippen molar-refractivity contribution >= 4 is 34.6 Å². The average molecular weight is 472 g/mol. The summed E-state index contributed by atoms with van der Waals surface area (Å²) in [7, 11) is 5.35. The SMILES string of the molecule is COc1cc(C(N)=O)cc(N)c1NC/C=C/CNc1c(N)cc(C(N)=O)cc1OCCN(C)C. The Balaban J connectivity index is 2.03. The first-order valence-corrected chi connectivity index (χ1v) is 10.5. The lowest BCUT2D eigenvalue weighted by Crippen LogP contribution is -2.20. The lowest BCUT2D eigenvalue weighted by Gasteiger charge is -2.17. The summed E-state index contributed by atoms with van der Waals surface area (Å²) in [5.41, 5.74) is 25.3. The van der Waals surface area contributed by atoms with E-state index in [1.807, 2.05) is 31.1 Å². The van der Waals surface area contributed by atoms with Gasteiger partial charge < -0.3 is 47.9 Å². The van der Waals surface area contributed by atoms with E-state index in [2.05, 4.69) is 10.6 Å². The molecule has 0 bridgehead atoms. The van der Waals surface area contributed by atoms with Gasteiger partial charge in [0.25, 0.3) is 0 Å². The van der Waals surface area contributed by atoms with Crippen LogP contribution < -0.4 is 43.0 Å². The fourth-order valence-corrected chi connectivity index (χ4v) is 3.04. The van der Waals surface area contributed by atoms with E-state index < -0.39 is 11.8 Å². The van der Waals surface area contributed by atoms with Gasteiger partial charge in [0, 0.05) is 30.8 Å². The van der Waals surface area contributed by atoms with Crippen molar-refractivity contribution < 1.29 is 19.1 Å². The van der Waals surface area contributed by atoms with Crippen LogP contribution in [0.15, 0.2) is 36.4 Å². The lowest BCUT2D eigenvalue weighted by atomic mass is 10.1. The molecule has 0 aliphatic heterocycles. The van der Waals surface area contributed by atoms with Crippen LogP contribution in [0.4, 0.5) is 22.7 Å². The molecule has 184 valence electrons. The molecule has 2 aromatic rings. The first-order chi connectivity index (χ1) is 16.1. The van der Waals surface area contributed by atoms with E-state index in [1.165, 1.54) is 25.3 Å². The van der Waals surface area contributed by atoms with Crippen molar-refractivity contribution in [3.63, 3.8) is 0 Å². The van der Waals surface area contributed by atoms with Crippen LogP contribution in [-0.2, 0) is 0 Å². The van der Waals surface area contributed by atoms with E-state index in [4.69, 9.17) is 32.4 Å². The molecular weight excluding hydrogens is 438 g/mol. The molecule has 2 rings (SSSR count). The molecule has 11 nitrogen and oxygen atoms in total. The third-order valence-electron chi connectivity index (χ3n) is 4.81. The average Bonchev–Trinajstić information content (AvgIpc) is 2.77. The van der Waals surface area contributed by atoms with Crippen molar-refractivity contribution in [2.24, 2.45) is 11.5 Å². The number of amides is 2. The number of carbonyl (C=O) groups is 2. The van der Waals surface area contributed by atoms with Crippen LogP contribution in [-0.4, -0.2) is 64.2 Å². The largest absolute Gasteiger partial charge is 0.494 e. The Morgan fingerprint density at radius 1 is 0.882 bits per heavy atom. The van der Waals surface area contributed by atoms with E-state index >= 15 is 0 Å². The van der Waals surface area contributed by atoms with Crippen molar-refractivity contribution in [1.82, 2.24) is 4.90 Å². The molecule has 2 amide bonds. The Kier molecular flexibility index (Phi) is 9.38. The zero-order valence-electron chi connectivity index (χ0n) is 19.7. The second kappa shape index (κ2) is 12.2. The minimum absolute atomic E-state index is 0.267. The number of carbonyl (C=O) groups excluding carboxylic acids is 2. The number of ether oxygens (including phenoxy) is 2. The molecule has 0 aromatic heterocycles. The van der Waals surface area contributed by atoms with Gasteiger partial charge in [-0.1, -0.05) is 12.2 Å². The Hall–Kier alpha value is -4.12. The van der Waals surface area contributed by atoms with Crippen molar-refractivity contribution in [2.45, 2.75) is 0 Å². The lowest BCUT2D eigenvalue weighted by molar-refractivity contribution is 0.0991. The molecule has 0 aliphatic rings. The van der Waals surface area contributed by atoms with Crippen LogP contribution in [0.3, 0.4) is 0 Å². The quantitative estimate of drug-likeness (QED) is 0.184. The van der Waals surface area contributed by atoms with Gasteiger partial charge >= 0.3 is 0 Å². The molecule has 0 spiro atoms. The molecule has 0 saturated carbocycles. The smallest absolute Gasteiger partial charge is 0.248 e. The number of hydrogen-bond acceptors (Lipinski definition) is 9. The van der Waals surface area contributed by atoms with E-state index in [-0.39, 0.29) is 11.1 Å². The second-order valence-corrected chi connectivity index (χ2v) is 7.69. The number of primary amides is 2. The molecule has 0 fully saturated rings. The van der Waals surface area contributed by atoms with Crippen LogP contribution in [0.2, 0.25) is 0 Å². The number of rotatable bonds is 13. The summed E-state index contributed by atoms with van der Waals surface area (Å²) in [5, 5.41) is 6.36. The molecular formula is C23H33N7O4.